The minimum absolute atomic E-state index is 0. The molecule has 0 radical (unpaired) electrons. The van der Waals surface area contributed by atoms with Crippen LogP contribution in [0, 0.1) is 0 Å². The summed E-state index contributed by atoms with van der Waals surface area (Å²) in [5, 5.41) is 0.979. The molecule has 1 aromatic carbocycles. The van der Waals surface area contributed by atoms with E-state index in [1.807, 2.05) is 36.2 Å². The summed E-state index contributed by atoms with van der Waals surface area (Å²) in [4.78, 5) is 18.5. The van der Waals surface area contributed by atoms with Crippen LogP contribution >= 0.6 is 0 Å². The number of nitrogens with zero attached hydrogens (tertiary/aromatic N) is 2. The molecule has 1 unspecified atom stereocenters. The van der Waals surface area contributed by atoms with E-state index in [2.05, 4.69) is 4.98 Å². The minimum Gasteiger partial charge on any atom is -1.00 e. The number of hydrogen-bond donors (Lipinski definition) is 0. The van der Waals surface area contributed by atoms with Gasteiger partial charge in [-0.15, -0.1) is 0 Å². The molecule has 2 aromatic rings. The van der Waals surface area contributed by atoms with E-state index in [1.54, 1.807) is 12.3 Å². The van der Waals surface area contributed by atoms with Crippen LogP contribution in [0.5, 0.6) is 5.75 Å². The number of fused-ring (bicyclic) bond motifs is 1. The molecule has 0 spiro atoms. The van der Waals surface area contributed by atoms with Gasteiger partial charge in [0.1, 0.15) is 11.6 Å². The third-order valence-electron chi connectivity index (χ3n) is 3.60. The Hall–Kier alpha value is -1.34. The van der Waals surface area contributed by atoms with Gasteiger partial charge in [0.2, 0.25) is 0 Å². The van der Waals surface area contributed by atoms with Crippen molar-refractivity contribution in [1.82, 2.24) is 9.88 Å². The number of likely N-dealkylation sites (N-methyl/N-ethyl adjacent to an activating group) is 1. The van der Waals surface area contributed by atoms with Crippen LogP contribution in [0.3, 0.4) is 0 Å². The van der Waals surface area contributed by atoms with Crippen LogP contribution in [0.25, 0.3) is 10.9 Å². The van der Waals surface area contributed by atoms with Crippen molar-refractivity contribution in [3.63, 3.8) is 0 Å². The first-order chi connectivity index (χ1) is 9.25. The normalized spacial score (nSPS) is 18.8. The average molecular weight is 264 g/mol. The summed E-state index contributed by atoms with van der Waals surface area (Å²) < 4.78 is 5.54. The van der Waals surface area contributed by atoms with Crippen molar-refractivity contribution in [3.05, 3.63) is 36.5 Å². The molecule has 1 aromatic heterocycles. The van der Waals surface area contributed by atoms with E-state index in [0.717, 1.165) is 30.3 Å². The molecule has 100 valence electrons. The fourth-order valence-electron chi connectivity index (χ4n) is 2.54. The molecule has 1 aliphatic rings. The summed E-state index contributed by atoms with van der Waals surface area (Å²) in [5.41, 5.74) is 0.735. The Morgan fingerprint density at radius 2 is 2.20 bits per heavy atom. The maximum absolute atomic E-state index is 12.2. The summed E-state index contributed by atoms with van der Waals surface area (Å²) >= 11 is 0. The second-order valence-corrected chi connectivity index (χ2v) is 4.89. The zero-order chi connectivity index (χ0) is 13.2. The van der Waals surface area contributed by atoms with E-state index in [9.17, 15) is 4.79 Å². The van der Waals surface area contributed by atoms with Crippen LogP contribution in [0.4, 0.5) is 0 Å². The van der Waals surface area contributed by atoms with Gasteiger partial charge in [0.15, 0.2) is 5.75 Å². The molecule has 0 amide bonds. The third kappa shape index (κ3) is 2.88. The number of carbonyl (C=O) groups is 1. The van der Waals surface area contributed by atoms with E-state index in [0.29, 0.717) is 5.75 Å². The summed E-state index contributed by atoms with van der Waals surface area (Å²) in [5.74, 6) is 0.363. The molecule has 5 heteroatoms. The SMILES string of the molecule is CN1CCCC1C(=O)Oc1cccc2cccnc12.[H-].[Li+]. The molecule has 1 fully saturated rings. The summed E-state index contributed by atoms with van der Waals surface area (Å²) in [7, 11) is 1.96. The summed E-state index contributed by atoms with van der Waals surface area (Å²) in [6, 6.07) is 9.34. The van der Waals surface area contributed by atoms with Gasteiger partial charge in [-0.1, -0.05) is 18.2 Å². The molecule has 3 rings (SSSR count). The van der Waals surface area contributed by atoms with Crippen LogP contribution < -0.4 is 23.6 Å². The number of aromatic nitrogens is 1. The largest absolute Gasteiger partial charge is 1.00 e. The fourth-order valence-corrected chi connectivity index (χ4v) is 2.54. The predicted molar refractivity (Wildman–Crippen MR) is 74.1 cm³/mol. The van der Waals surface area contributed by atoms with E-state index in [1.165, 1.54) is 0 Å². The Balaban J connectivity index is 0.00000110. The molecule has 0 saturated carbocycles. The van der Waals surface area contributed by atoms with Crippen molar-refractivity contribution >= 4 is 16.9 Å². The average Bonchev–Trinajstić information content (AvgIpc) is 2.85. The summed E-state index contributed by atoms with van der Waals surface area (Å²) in [6.07, 6.45) is 3.62. The Morgan fingerprint density at radius 3 is 2.95 bits per heavy atom. The van der Waals surface area contributed by atoms with E-state index >= 15 is 0 Å². The molecule has 0 N–H and O–H groups in total. The van der Waals surface area contributed by atoms with Crippen LogP contribution in [0.15, 0.2) is 36.5 Å². The molecule has 1 saturated heterocycles. The van der Waals surface area contributed by atoms with Gasteiger partial charge in [-0.05, 0) is 38.6 Å². The standard InChI is InChI=1S/C15H16N2O2.Li.H/c1-17-10-4-7-12(17)15(18)19-13-8-2-5-11-6-3-9-16-14(11)13;;/h2-3,5-6,8-9,12H,4,7,10H2,1H3;;/q;+1;-1. The molecule has 2 heterocycles. The molecule has 20 heavy (non-hydrogen) atoms. The number of likely N-dealkylation sites (tertiary alicyclic amines) is 1. The Kier molecular flexibility index (Phi) is 4.82. The number of carbonyl (C=O) groups excluding carboxylic acids is 1. The second-order valence-electron chi connectivity index (χ2n) is 4.89. The van der Waals surface area contributed by atoms with Crippen molar-refractivity contribution in [3.8, 4) is 5.75 Å². The van der Waals surface area contributed by atoms with Gasteiger partial charge in [-0.3, -0.25) is 9.88 Å². The van der Waals surface area contributed by atoms with Gasteiger partial charge in [0.05, 0.1) is 0 Å². The number of rotatable bonds is 2. The van der Waals surface area contributed by atoms with Gasteiger partial charge >= 0.3 is 24.8 Å². The molecular weight excluding hydrogens is 247 g/mol. The van der Waals surface area contributed by atoms with Gasteiger partial charge in [-0.25, -0.2) is 4.79 Å². The van der Waals surface area contributed by atoms with E-state index in [4.69, 9.17) is 4.74 Å². The minimum atomic E-state index is -0.182. The van der Waals surface area contributed by atoms with E-state index < -0.39 is 0 Å². The van der Waals surface area contributed by atoms with Gasteiger partial charge < -0.3 is 6.16 Å². The smallest absolute Gasteiger partial charge is 1.00 e. The second kappa shape index (κ2) is 6.40. The van der Waals surface area contributed by atoms with Gasteiger partial charge in [0, 0.05) is 11.6 Å². The first-order valence-electron chi connectivity index (χ1n) is 6.51. The topological polar surface area (TPSA) is 42.4 Å². The molecule has 0 bridgehead atoms. The van der Waals surface area contributed by atoms with Crippen LogP contribution in [-0.2, 0) is 4.79 Å². The zero-order valence-electron chi connectivity index (χ0n) is 12.9. The molecule has 0 aliphatic carbocycles. The van der Waals surface area contributed by atoms with Crippen LogP contribution in [-0.4, -0.2) is 35.5 Å². The first-order valence-corrected chi connectivity index (χ1v) is 6.51. The van der Waals surface area contributed by atoms with E-state index in [-0.39, 0.29) is 32.3 Å². The molecule has 4 nitrogen and oxygen atoms in total. The number of esters is 1. The zero-order valence-corrected chi connectivity index (χ0v) is 11.9. The monoisotopic (exact) mass is 264 g/mol. The van der Waals surface area contributed by atoms with Crippen molar-refractivity contribution in [2.45, 2.75) is 18.9 Å². The number of pyridine rings is 1. The number of para-hydroxylation sites is 1. The Bertz CT molecular complexity index is 618. The van der Waals surface area contributed by atoms with Crippen LogP contribution in [0.1, 0.15) is 14.3 Å². The predicted octanol–water partition coefficient (Wildman–Crippen LogP) is -0.649. The maximum atomic E-state index is 12.2. The van der Waals surface area contributed by atoms with Crippen molar-refractivity contribution in [2.75, 3.05) is 13.6 Å². The molecule has 1 aliphatic heterocycles. The van der Waals surface area contributed by atoms with Gasteiger partial charge in [0.25, 0.3) is 0 Å². The third-order valence-corrected chi connectivity index (χ3v) is 3.60. The van der Waals surface area contributed by atoms with Crippen molar-refractivity contribution < 1.29 is 29.8 Å². The molecular formula is C15H17LiN2O2. The van der Waals surface area contributed by atoms with Gasteiger partial charge in [-0.2, -0.15) is 0 Å². The quantitative estimate of drug-likeness (QED) is 0.411. The van der Waals surface area contributed by atoms with Crippen molar-refractivity contribution in [2.24, 2.45) is 0 Å². The first kappa shape index (κ1) is 15.1. The fraction of sp³-hybridized carbons (Fsp3) is 0.333. The Labute approximate surface area is 131 Å². The molecule has 1 atom stereocenters. The maximum Gasteiger partial charge on any atom is 1.00 e. The van der Waals surface area contributed by atoms with Crippen molar-refractivity contribution in [1.29, 1.82) is 0 Å². The summed E-state index contributed by atoms with van der Waals surface area (Å²) in [6.45, 7) is 0.952. The number of ether oxygens (including phenoxy) is 1. The van der Waals surface area contributed by atoms with Crippen LogP contribution in [0.2, 0.25) is 0 Å². The number of benzene rings is 1. The Morgan fingerprint density at radius 1 is 1.40 bits per heavy atom. The number of hydrogen-bond acceptors (Lipinski definition) is 4.